The molecule has 0 aromatic heterocycles. The molecule has 0 aliphatic carbocycles. The quantitative estimate of drug-likeness (QED) is 0.643. The van der Waals surface area contributed by atoms with Gasteiger partial charge >= 0.3 is 0 Å². The molecule has 0 aliphatic heterocycles. The molecule has 0 radical (unpaired) electrons. The molecule has 0 saturated carbocycles. The van der Waals surface area contributed by atoms with Crippen LogP contribution in [0.5, 0.6) is 0 Å². The molecule has 0 spiro atoms. The van der Waals surface area contributed by atoms with Crippen LogP contribution in [0.4, 0.5) is 4.39 Å². The van der Waals surface area contributed by atoms with E-state index in [1.807, 2.05) is 0 Å². The molecule has 0 heterocycles. The number of sulfonamides is 1. The van der Waals surface area contributed by atoms with Crippen LogP contribution in [0, 0.1) is 11.7 Å². The second kappa shape index (κ2) is 8.86. The van der Waals surface area contributed by atoms with Gasteiger partial charge in [-0.05, 0) is 46.5 Å². The second-order valence-corrected chi connectivity index (χ2v) is 8.19. The molecule has 0 atom stereocenters. The van der Waals surface area contributed by atoms with Crippen molar-refractivity contribution in [1.29, 1.82) is 0 Å². The lowest BCUT2D eigenvalue weighted by Gasteiger charge is -2.08. The topological polar surface area (TPSA) is 46.2 Å². The van der Waals surface area contributed by atoms with E-state index in [1.54, 1.807) is 0 Å². The fourth-order valence-corrected chi connectivity index (χ4v) is 3.30. The Morgan fingerprint density at radius 2 is 1.86 bits per heavy atom. The minimum absolute atomic E-state index is 0.0389. The van der Waals surface area contributed by atoms with Gasteiger partial charge < -0.3 is 0 Å². The van der Waals surface area contributed by atoms with Crippen molar-refractivity contribution in [3.8, 4) is 0 Å². The molecule has 0 fully saturated rings. The van der Waals surface area contributed by atoms with Gasteiger partial charge in [0.15, 0.2) is 0 Å². The van der Waals surface area contributed by atoms with Crippen molar-refractivity contribution >= 4 is 26.0 Å². The number of hydrogen-bond acceptors (Lipinski definition) is 2. The first kappa shape index (κ1) is 18.6. The van der Waals surface area contributed by atoms with Crippen molar-refractivity contribution in [2.75, 3.05) is 6.54 Å². The van der Waals surface area contributed by atoms with Crippen LogP contribution in [0.15, 0.2) is 27.6 Å². The van der Waals surface area contributed by atoms with Crippen LogP contribution >= 0.6 is 15.9 Å². The zero-order valence-corrected chi connectivity index (χ0v) is 14.9. The SMILES string of the molecule is CC(C)CCCCCCNS(=O)(=O)c1ccc(Br)c(F)c1. The lowest BCUT2D eigenvalue weighted by molar-refractivity contribution is 0.517. The van der Waals surface area contributed by atoms with Gasteiger partial charge in [-0.1, -0.05) is 39.5 Å². The predicted octanol–water partition coefficient (Wildman–Crippen LogP) is 4.47. The molecule has 0 bridgehead atoms. The monoisotopic (exact) mass is 379 g/mol. The fraction of sp³-hybridized carbons (Fsp3) is 0.600. The largest absolute Gasteiger partial charge is 0.240 e. The third-order valence-corrected chi connectivity index (χ3v) is 5.30. The molecule has 1 rings (SSSR count). The average Bonchev–Trinajstić information content (AvgIpc) is 2.40. The first-order chi connectivity index (χ1) is 9.83. The molecule has 120 valence electrons. The van der Waals surface area contributed by atoms with Crippen molar-refractivity contribution in [2.45, 2.75) is 50.8 Å². The molecule has 0 unspecified atom stereocenters. The van der Waals surface area contributed by atoms with E-state index in [2.05, 4.69) is 34.5 Å². The Bertz CT molecular complexity index is 547. The molecule has 1 N–H and O–H groups in total. The standard InChI is InChI=1S/C15H23BrFNO2S/c1-12(2)7-5-3-4-6-10-18-21(19,20)13-8-9-14(16)15(17)11-13/h8-9,11-12,18H,3-7,10H2,1-2H3. The normalized spacial score (nSPS) is 12.0. The Labute approximate surface area is 135 Å². The van der Waals surface area contributed by atoms with E-state index in [1.165, 1.54) is 25.0 Å². The molecule has 0 aliphatic rings. The van der Waals surface area contributed by atoms with Gasteiger partial charge in [-0.25, -0.2) is 17.5 Å². The van der Waals surface area contributed by atoms with Crippen LogP contribution in [0.25, 0.3) is 0 Å². The Hall–Kier alpha value is -0.460. The van der Waals surface area contributed by atoms with Crippen LogP contribution in [-0.2, 0) is 10.0 Å². The van der Waals surface area contributed by atoms with Crippen molar-refractivity contribution in [1.82, 2.24) is 4.72 Å². The van der Waals surface area contributed by atoms with E-state index in [0.29, 0.717) is 6.54 Å². The zero-order valence-electron chi connectivity index (χ0n) is 12.5. The minimum Gasteiger partial charge on any atom is -0.211 e. The maximum Gasteiger partial charge on any atom is 0.240 e. The third kappa shape index (κ3) is 6.89. The van der Waals surface area contributed by atoms with Crippen LogP contribution in [-0.4, -0.2) is 15.0 Å². The predicted molar refractivity (Wildman–Crippen MR) is 87.2 cm³/mol. The van der Waals surface area contributed by atoms with Gasteiger partial charge in [-0.2, -0.15) is 0 Å². The van der Waals surface area contributed by atoms with E-state index in [9.17, 15) is 12.8 Å². The van der Waals surface area contributed by atoms with Crippen molar-refractivity contribution in [2.24, 2.45) is 5.92 Å². The molecule has 21 heavy (non-hydrogen) atoms. The van der Waals surface area contributed by atoms with Crippen molar-refractivity contribution in [3.63, 3.8) is 0 Å². The number of benzene rings is 1. The molecule has 3 nitrogen and oxygen atoms in total. The summed E-state index contributed by atoms with van der Waals surface area (Å²) in [5.74, 6) is 0.141. The average molecular weight is 380 g/mol. The van der Waals surface area contributed by atoms with E-state index in [-0.39, 0.29) is 9.37 Å². The second-order valence-electron chi connectivity index (χ2n) is 5.57. The molecule has 0 saturated heterocycles. The third-order valence-electron chi connectivity index (χ3n) is 3.20. The van der Waals surface area contributed by atoms with Crippen LogP contribution < -0.4 is 4.72 Å². The lowest BCUT2D eigenvalue weighted by Crippen LogP contribution is -2.24. The summed E-state index contributed by atoms with van der Waals surface area (Å²) in [4.78, 5) is -0.0389. The Balaban J connectivity index is 2.35. The summed E-state index contributed by atoms with van der Waals surface area (Å²) in [5.41, 5.74) is 0. The Morgan fingerprint density at radius 3 is 2.48 bits per heavy atom. The van der Waals surface area contributed by atoms with E-state index in [4.69, 9.17) is 0 Å². The molecule has 0 amide bonds. The molecular formula is C15H23BrFNO2S. The number of unbranched alkanes of at least 4 members (excludes halogenated alkanes) is 3. The number of halogens is 2. The van der Waals surface area contributed by atoms with Gasteiger partial charge in [0.25, 0.3) is 0 Å². The van der Waals surface area contributed by atoms with E-state index < -0.39 is 15.8 Å². The molecule has 1 aromatic carbocycles. The number of nitrogens with one attached hydrogen (secondary N) is 1. The maximum atomic E-state index is 13.4. The summed E-state index contributed by atoms with van der Waals surface area (Å²) in [6, 6.07) is 3.81. The molecule has 6 heteroatoms. The summed E-state index contributed by atoms with van der Waals surface area (Å²) < 4.78 is 40.1. The fourth-order valence-electron chi connectivity index (χ4n) is 1.97. The van der Waals surface area contributed by atoms with Gasteiger partial charge in [-0.15, -0.1) is 0 Å². The molecular weight excluding hydrogens is 357 g/mol. The van der Waals surface area contributed by atoms with Gasteiger partial charge in [0.2, 0.25) is 10.0 Å². The highest BCUT2D eigenvalue weighted by molar-refractivity contribution is 9.10. The van der Waals surface area contributed by atoms with Crippen LogP contribution in [0.1, 0.15) is 46.0 Å². The highest BCUT2D eigenvalue weighted by Gasteiger charge is 2.15. The number of rotatable bonds is 9. The Morgan fingerprint density at radius 1 is 1.19 bits per heavy atom. The van der Waals surface area contributed by atoms with Crippen LogP contribution in [0.3, 0.4) is 0 Å². The van der Waals surface area contributed by atoms with Gasteiger partial charge in [0.1, 0.15) is 5.82 Å². The Kier molecular flexibility index (Phi) is 7.84. The highest BCUT2D eigenvalue weighted by Crippen LogP contribution is 2.19. The summed E-state index contributed by atoms with van der Waals surface area (Å²) in [6.45, 7) is 4.79. The van der Waals surface area contributed by atoms with Gasteiger partial charge in [0, 0.05) is 6.54 Å². The van der Waals surface area contributed by atoms with Crippen molar-refractivity contribution in [3.05, 3.63) is 28.5 Å². The van der Waals surface area contributed by atoms with Gasteiger partial charge in [-0.3, -0.25) is 0 Å². The summed E-state index contributed by atoms with van der Waals surface area (Å²) in [7, 11) is -3.62. The summed E-state index contributed by atoms with van der Waals surface area (Å²) in [6.07, 6.45) is 5.32. The molecule has 1 aromatic rings. The summed E-state index contributed by atoms with van der Waals surface area (Å²) >= 11 is 3.00. The summed E-state index contributed by atoms with van der Waals surface area (Å²) in [5, 5.41) is 0. The van der Waals surface area contributed by atoms with Crippen LogP contribution in [0.2, 0.25) is 0 Å². The number of hydrogen-bond donors (Lipinski definition) is 1. The first-order valence-corrected chi connectivity index (χ1v) is 9.55. The maximum absolute atomic E-state index is 13.4. The zero-order chi connectivity index (χ0) is 15.9. The lowest BCUT2D eigenvalue weighted by atomic mass is 10.0. The van der Waals surface area contributed by atoms with Gasteiger partial charge in [0.05, 0.1) is 9.37 Å². The highest BCUT2D eigenvalue weighted by atomic mass is 79.9. The van der Waals surface area contributed by atoms with E-state index >= 15 is 0 Å². The minimum atomic E-state index is -3.62. The van der Waals surface area contributed by atoms with E-state index in [0.717, 1.165) is 31.2 Å². The first-order valence-electron chi connectivity index (χ1n) is 7.27. The van der Waals surface area contributed by atoms with Crippen molar-refractivity contribution < 1.29 is 12.8 Å². The smallest absolute Gasteiger partial charge is 0.211 e.